The van der Waals surface area contributed by atoms with Crippen molar-refractivity contribution in [2.24, 2.45) is 5.92 Å². The number of hydrogen-bond acceptors (Lipinski definition) is 2. The van der Waals surface area contributed by atoms with E-state index in [9.17, 15) is 0 Å². The number of rotatable bonds is 7. The minimum Gasteiger partial charge on any atom is -0.312 e. The number of nitrogens with zero attached hydrogens (tertiary/aromatic N) is 1. The summed E-state index contributed by atoms with van der Waals surface area (Å²) >= 11 is 0. The first-order chi connectivity index (χ1) is 9.78. The zero-order chi connectivity index (χ0) is 14.4. The average Bonchev–Trinajstić information content (AvgIpc) is 2.51. The van der Waals surface area contributed by atoms with Gasteiger partial charge in [-0.1, -0.05) is 51.8 Å². The van der Waals surface area contributed by atoms with Gasteiger partial charge in [-0.2, -0.15) is 0 Å². The molecule has 0 amide bonds. The first-order valence-corrected chi connectivity index (χ1v) is 8.31. The maximum Gasteiger partial charge on any atom is 0.0236 e. The molecular weight excluding hydrogens is 244 g/mol. The summed E-state index contributed by atoms with van der Waals surface area (Å²) in [6, 6.07) is 6.84. The van der Waals surface area contributed by atoms with E-state index in [0.29, 0.717) is 0 Å². The Morgan fingerprint density at radius 1 is 1.20 bits per heavy atom. The van der Waals surface area contributed by atoms with Crippen LogP contribution in [0.4, 0.5) is 0 Å². The Balaban J connectivity index is 2.07. The predicted octanol–water partition coefficient (Wildman–Crippen LogP) is 3.59. The van der Waals surface area contributed by atoms with Gasteiger partial charge in [0, 0.05) is 19.6 Å². The molecule has 0 saturated heterocycles. The highest BCUT2D eigenvalue weighted by molar-refractivity contribution is 5.37. The second kappa shape index (κ2) is 7.80. The summed E-state index contributed by atoms with van der Waals surface area (Å²) in [6.07, 6.45) is 3.78. The predicted molar refractivity (Wildman–Crippen MR) is 86.9 cm³/mol. The van der Waals surface area contributed by atoms with Crippen molar-refractivity contribution in [3.8, 4) is 0 Å². The van der Waals surface area contributed by atoms with Crippen LogP contribution < -0.4 is 5.32 Å². The lowest BCUT2D eigenvalue weighted by Crippen LogP contribution is -2.30. The van der Waals surface area contributed by atoms with Crippen molar-refractivity contribution < 1.29 is 0 Å². The average molecular weight is 274 g/mol. The molecule has 2 rings (SSSR count). The topological polar surface area (TPSA) is 15.3 Å². The summed E-state index contributed by atoms with van der Waals surface area (Å²) in [5, 5.41) is 3.47. The van der Waals surface area contributed by atoms with E-state index in [2.05, 4.69) is 49.2 Å². The van der Waals surface area contributed by atoms with Crippen LogP contribution in [0.5, 0.6) is 0 Å². The van der Waals surface area contributed by atoms with Gasteiger partial charge in [-0.25, -0.2) is 0 Å². The van der Waals surface area contributed by atoms with Gasteiger partial charge in [-0.15, -0.1) is 0 Å². The Morgan fingerprint density at radius 3 is 2.70 bits per heavy atom. The highest BCUT2D eigenvalue weighted by Gasteiger charge is 2.15. The molecule has 0 spiro atoms. The van der Waals surface area contributed by atoms with Gasteiger partial charge in [0.1, 0.15) is 0 Å². The largest absolute Gasteiger partial charge is 0.312 e. The molecule has 1 aromatic rings. The molecule has 0 saturated carbocycles. The Morgan fingerprint density at radius 2 is 2.00 bits per heavy atom. The van der Waals surface area contributed by atoms with Crippen LogP contribution in [-0.2, 0) is 19.5 Å². The fourth-order valence-electron chi connectivity index (χ4n) is 3.22. The van der Waals surface area contributed by atoms with Gasteiger partial charge in [-0.3, -0.25) is 4.90 Å². The van der Waals surface area contributed by atoms with Crippen LogP contribution in [0.2, 0.25) is 0 Å². The summed E-state index contributed by atoms with van der Waals surface area (Å²) < 4.78 is 0. The molecule has 0 radical (unpaired) electrons. The van der Waals surface area contributed by atoms with Crippen molar-refractivity contribution in [2.45, 2.75) is 53.1 Å². The highest BCUT2D eigenvalue weighted by atomic mass is 15.1. The van der Waals surface area contributed by atoms with E-state index in [1.165, 1.54) is 31.4 Å². The molecule has 1 aliphatic rings. The van der Waals surface area contributed by atoms with Gasteiger partial charge in [-0.05, 0) is 42.1 Å². The van der Waals surface area contributed by atoms with Crippen LogP contribution in [0.25, 0.3) is 0 Å². The smallest absolute Gasteiger partial charge is 0.0236 e. The van der Waals surface area contributed by atoms with Crippen molar-refractivity contribution in [1.82, 2.24) is 10.2 Å². The summed E-state index contributed by atoms with van der Waals surface area (Å²) in [4.78, 5) is 2.62. The van der Waals surface area contributed by atoms with Crippen LogP contribution in [-0.4, -0.2) is 24.5 Å². The van der Waals surface area contributed by atoms with E-state index in [1.807, 2.05) is 0 Å². The molecule has 20 heavy (non-hydrogen) atoms. The number of nitrogens with one attached hydrogen (secondary N) is 1. The maximum absolute atomic E-state index is 3.47. The van der Waals surface area contributed by atoms with Gasteiger partial charge >= 0.3 is 0 Å². The van der Waals surface area contributed by atoms with E-state index >= 15 is 0 Å². The van der Waals surface area contributed by atoms with E-state index < -0.39 is 0 Å². The Hall–Kier alpha value is -0.860. The second-order valence-electron chi connectivity index (χ2n) is 5.99. The molecule has 1 aliphatic heterocycles. The molecule has 1 N–H and O–H groups in total. The molecule has 0 aliphatic carbocycles. The van der Waals surface area contributed by atoms with Crippen LogP contribution in [0.3, 0.4) is 0 Å². The minimum atomic E-state index is 0.844. The molecule has 1 aromatic carbocycles. The molecule has 1 heterocycles. The summed E-state index contributed by atoms with van der Waals surface area (Å²) in [5.74, 6) is 0.844. The molecule has 0 unspecified atom stereocenters. The van der Waals surface area contributed by atoms with E-state index in [0.717, 1.165) is 32.1 Å². The van der Waals surface area contributed by atoms with Crippen molar-refractivity contribution in [3.63, 3.8) is 0 Å². The van der Waals surface area contributed by atoms with E-state index in [-0.39, 0.29) is 0 Å². The number of fused-ring (bicyclic) bond motifs is 1. The zero-order valence-corrected chi connectivity index (χ0v) is 13.4. The molecular formula is C18H30N2. The third-order valence-corrected chi connectivity index (χ3v) is 4.75. The fourth-order valence-corrected chi connectivity index (χ4v) is 3.22. The highest BCUT2D eigenvalue weighted by Crippen LogP contribution is 2.21. The lowest BCUT2D eigenvalue weighted by molar-refractivity contribution is 0.225. The van der Waals surface area contributed by atoms with E-state index in [1.54, 1.807) is 11.1 Å². The second-order valence-corrected chi connectivity index (χ2v) is 5.99. The third-order valence-electron chi connectivity index (χ3n) is 4.75. The summed E-state index contributed by atoms with van der Waals surface area (Å²) in [6.45, 7) is 12.6. The van der Waals surface area contributed by atoms with Crippen molar-refractivity contribution >= 4 is 0 Å². The zero-order valence-electron chi connectivity index (χ0n) is 13.4. The van der Waals surface area contributed by atoms with Gasteiger partial charge in [0.05, 0.1) is 0 Å². The standard InChI is InChI=1S/C18H30N2/c1-4-15(5-2)13-20(6-3)14-17-9-7-8-16-12-19-11-10-18(16)17/h7-9,15,19H,4-6,10-14H2,1-3H3. The first kappa shape index (κ1) is 15.5. The van der Waals surface area contributed by atoms with Crippen molar-refractivity contribution in [2.75, 3.05) is 19.6 Å². The van der Waals surface area contributed by atoms with Crippen LogP contribution in [0, 0.1) is 5.92 Å². The monoisotopic (exact) mass is 274 g/mol. The lowest BCUT2D eigenvalue weighted by atomic mass is 9.94. The number of benzene rings is 1. The Kier molecular flexibility index (Phi) is 6.06. The van der Waals surface area contributed by atoms with Gasteiger partial charge in [0.2, 0.25) is 0 Å². The lowest BCUT2D eigenvalue weighted by Gasteiger charge is -2.28. The summed E-state index contributed by atoms with van der Waals surface area (Å²) in [5.41, 5.74) is 4.67. The van der Waals surface area contributed by atoms with Crippen molar-refractivity contribution in [1.29, 1.82) is 0 Å². The fraction of sp³-hybridized carbons (Fsp3) is 0.667. The van der Waals surface area contributed by atoms with Gasteiger partial charge in [0.15, 0.2) is 0 Å². The van der Waals surface area contributed by atoms with Crippen molar-refractivity contribution in [3.05, 3.63) is 34.9 Å². The van der Waals surface area contributed by atoms with Crippen LogP contribution >= 0.6 is 0 Å². The third kappa shape index (κ3) is 3.83. The molecule has 112 valence electrons. The van der Waals surface area contributed by atoms with E-state index in [4.69, 9.17) is 0 Å². The summed E-state index contributed by atoms with van der Waals surface area (Å²) in [7, 11) is 0. The molecule has 0 aromatic heterocycles. The number of hydrogen-bond donors (Lipinski definition) is 1. The Labute approximate surface area is 124 Å². The quantitative estimate of drug-likeness (QED) is 0.817. The molecule has 0 fully saturated rings. The maximum atomic E-state index is 3.47. The van der Waals surface area contributed by atoms with Crippen LogP contribution in [0.15, 0.2) is 18.2 Å². The minimum absolute atomic E-state index is 0.844. The molecule has 2 nitrogen and oxygen atoms in total. The molecule has 0 bridgehead atoms. The van der Waals surface area contributed by atoms with Crippen LogP contribution in [0.1, 0.15) is 50.3 Å². The first-order valence-electron chi connectivity index (χ1n) is 8.31. The van der Waals surface area contributed by atoms with Gasteiger partial charge < -0.3 is 5.32 Å². The molecule has 0 atom stereocenters. The molecule has 2 heteroatoms. The Bertz CT molecular complexity index is 410. The SMILES string of the molecule is CCC(CC)CN(CC)Cc1cccc2c1CCNC2. The van der Waals surface area contributed by atoms with Gasteiger partial charge in [0.25, 0.3) is 0 Å². The normalized spacial score (nSPS) is 14.8.